The van der Waals surface area contributed by atoms with Gasteiger partial charge in [-0.15, -0.1) is 5.10 Å². The van der Waals surface area contributed by atoms with Gasteiger partial charge in [0, 0.05) is 37.9 Å². The summed E-state index contributed by atoms with van der Waals surface area (Å²) >= 11 is 5.95. The third-order valence-electron chi connectivity index (χ3n) is 5.33. The lowest BCUT2D eigenvalue weighted by atomic mass is 10.2. The number of ether oxygens (including phenoxy) is 1. The molecule has 33 heavy (non-hydrogen) atoms. The third kappa shape index (κ3) is 5.53. The number of nitrogens with zero attached hydrogens (tertiary/aromatic N) is 5. The van der Waals surface area contributed by atoms with Gasteiger partial charge in [-0.1, -0.05) is 12.2 Å². The van der Waals surface area contributed by atoms with E-state index in [4.69, 9.17) is 17.0 Å². The maximum atomic E-state index is 15.0. The summed E-state index contributed by atoms with van der Waals surface area (Å²) < 4.78 is 20.3. The van der Waals surface area contributed by atoms with Crippen molar-refractivity contribution in [1.82, 2.24) is 25.4 Å². The van der Waals surface area contributed by atoms with E-state index in [2.05, 4.69) is 20.5 Å². The molecule has 2 aromatic rings. The van der Waals surface area contributed by atoms with Crippen LogP contribution in [0, 0.1) is 12.7 Å². The largest absolute Gasteiger partial charge is 0.442 e. The number of nitrogens with one attached hydrogen (secondary N) is 2. The lowest BCUT2D eigenvalue weighted by Gasteiger charge is -2.36. The number of carbonyl (C=O) groups is 2. The van der Waals surface area contributed by atoms with Gasteiger partial charge in [0.25, 0.3) is 5.24 Å². The average molecular weight is 494 g/mol. The molecule has 4 rings (SSSR count). The number of benzene rings is 1. The van der Waals surface area contributed by atoms with Crippen LogP contribution >= 0.6 is 24.0 Å². The lowest BCUT2D eigenvalue weighted by molar-refractivity contribution is 0.143. The van der Waals surface area contributed by atoms with Crippen LogP contribution in [-0.2, 0) is 4.74 Å². The van der Waals surface area contributed by atoms with Crippen LogP contribution in [0.3, 0.4) is 0 Å². The molecular formula is C20H24FN7O3S2. The Balaban J connectivity index is 1.34. The molecule has 0 bridgehead atoms. The Morgan fingerprint density at radius 2 is 2.12 bits per heavy atom. The molecule has 0 unspecified atom stereocenters. The number of aromatic nitrogens is 3. The summed E-state index contributed by atoms with van der Waals surface area (Å²) in [6, 6.07) is 4.71. The zero-order chi connectivity index (χ0) is 23.5. The van der Waals surface area contributed by atoms with Crippen LogP contribution in [0.2, 0.25) is 0 Å². The molecule has 0 spiro atoms. The second-order valence-electron chi connectivity index (χ2n) is 7.73. The van der Waals surface area contributed by atoms with Crippen molar-refractivity contribution in [1.29, 1.82) is 0 Å². The van der Waals surface area contributed by atoms with E-state index in [0.29, 0.717) is 66.6 Å². The third-order valence-corrected chi connectivity index (χ3v) is 6.27. The molecule has 2 aliphatic rings. The molecule has 1 aromatic heterocycles. The van der Waals surface area contributed by atoms with E-state index >= 15 is 0 Å². The molecule has 2 saturated heterocycles. The fourth-order valence-electron chi connectivity index (χ4n) is 3.66. The van der Waals surface area contributed by atoms with Gasteiger partial charge < -0.3 is 19.9 Å². The number of aromatic amines is 1. The van der Waals surface area contributed by atoms with E-state index in [1.54, 1.807) is 30.9 Å². The minimum atomic E-state index is -0.512. The number of amides is 2. The first-order valence-corrected chi connectivity index (χ1v) is 11.7. The minimum absolute atomic E-state index is 0.134. The lowest BCUT2D eigenvalue weighted by Crippen LogP contribution is -2.48. The van der Waals surface area contributed by atoms with Gasteiger partial charge in [0.05, 0.1) is 29.5 Å². The molecule has 3 heterocycles. The number of carbonyl (C=O) groups excluding carboxylic acids is 2. The summed E-state index contributed by atoms with van der Waals surface area (Å²) in [4.78, 5) is 34.4. The first-order chi connectivity index (χ1) is 15.8. The number of anilines is 2. The molecule has 2 fully saturated rings. The van der Waals surface area contributed by atoms with Crippen molar-refractivity contribution in [2.75, 3.05) is 49.1 Å². The summed E-state index contributed by atoms with van der Waals surface area (Å²) in [5, 5.41) is 9.91. The second-order valence-corrected chi connectivity index (χ2v) is 9.27. The standard InChI is InChI=1S/C20H24FN7O3S2/c1-12-23-18(25-24-12)33-20(30)27-7-5-26(6-8-27)17-4-3-14(9-16(17)21)28-11-15(31-19(28)29)10-22-13(2)32/h3-4,9,15H,5-8,10-11H2,1-2H3,(H,22,32)(H,23,24,25)/t15-/m0/s1. The smallest absolute Gasteiger partial charge is 0.414 e. The number of thiocarbonyl (C=S) groups is 1. The monoisotopic (exact) mass is 493 g/mol. The highest BCUT2D eigenvalue weighted by atomic mass is 32.2. The normalized spacial score (nSPS) is 18.5. The first kappa shape index (κ1) is 23.2. The highest BCUT2D eigenvalue weighted by Gasteiger charge is 2.33. The van der Waals surface area contributed by atoms with Crippen molar-refractivity contribution in [3.63, 3.8) is 0 Å². The molecule has 0 radical (unpaired) electrons. The number of thioether (sulfide) groups is 1. The van der Waals surface area contributed by atoms with Gasteiger partial charge >= 0.3 is 6.09 Å². The quantitative estimate of drug-likeness (QED) is 0.480. The summed E-state index contributed by atoms with van der Waals surface area (Å²) in [5.41, 5.74) is 0.875. The predicted molar refractivity (Wildman–Crippen MR) is 126 cm³/mol. The van der Waals surface area contributed by atoms with Gasteiger partial charge in [-0.3, -0.25) is 14.8 Å². The Kier molecular flexibility index (Phi) is 6.98. The van der Waals surface area contributed by atoms with Crippen molar-refractivity contribution >= 4 is 51.7 Å². The number of hydrogen-bond acceptors (Lipinski definition) is 8. The molecular weight excluding hydrogens is 469 g/mol. The number of H-pyrrole nitrogens is 1. The zero-order valence-corrected chi connectivity index (χ0v) is 19.8. The summed E-state index contributed by atoms with van der Waals surface area (Å²) in [6.07, 6.45) is -0.871. The van der Waals surface area contributed by atoms with Crippen molar-refractivity contribution in [3.8, 4) is 0 Å². The Labute approximate surface area is 199 Å². The first-order valence-electron chi connectivity index (χ1n) is 10.4. The number of rotatable bonds is 5. The maximum absolute atomic E-state index is 15.0. The van der Waals surface area contributed by atoms with Crippen LogP contribution in [0.1, 0.15) is 12.7 Å². The predicted octanol–water partition coefficient (Wildman–Crippen LogP) is 2.55. The molecule has 0 aliphatic carbocycles. The Bertz CT molecular complexity index is 1060. The van der Waals surface area contributed by atoms with Crippen LogP contribution in [0.5, 0.6) is 0 Å². The Morgan fingerprint density at radius 3 is 2.76 bits per heavy atom. The van der Waals surface area contributed by atoms with E-state index < -0.39 is 11.9 Å². The van der Waals surface area contributed by atoms with Gasteiger partial charge in [-0.25, -0.2) is 14.2 Å². The zero-order valence-electron chi connectivity index (χ0n) is 18.2. The van der Waals surface area contributed by atoms with Gasteiger partial charge in [-0.2, -0.15) is 0 Å². The molecule has 10 nitrogen and oxygen atoms in total. The highest BCUT2D eigenvalue weighted by molar-refractivity contribution is 8.13. The average Bonchev–Trinajstić information content (AvgIpc) is 3.37. The number of cyclic esters (lactones) is 1. The SMILES string of the molecule is CC(=S)NC[C@H]1CN(c2ccc(N3CCN(C(=O)Sc4n[nH]c(C)n4)CC3)c(F)c2)C(=O)O1. The fraction of sp³-hybridized carbons (Fsp3) is 0.450. The molecule has 176 valence electrons. The number of aryl methyl sites for hydroxylation is 1. The van der Waals surface area contributed by atoms with Crippen LogP contribution in [0.4, 0.5) is 25.4 Å². The van der Waals surface area contributed by atoms with Crippen molar-refractivity contribution < 1.29 is 18.7 Å². The van der Waals surface area contributed by atoms with E-state index in [-0.39, 0.29) is 11.3 Å². The van der Waals surface area contributed by atoms with Crippen molar-refractivity contribution in [2.45, 2.75) is 25.1 Å². The Hall–Kier alpha value is -2.93. The molecule has 1 aromatic carbocycles. The Morgan fingerprint density at radius 1 is 1.36 bits per heavy atom. The molecule has 2 aliphatic heterocycles. The van der Waals surface area contributed by atoms with E-state index in [1.165, 1.54) is 11.0 Å². The second kappa shape index (κ2) is 9.91. The molecule has 1 atom stereocenters. The molecule has 0 saturated carbocycles. The fourth-order valence-corrected chi connectivity index (χ4v) is 4.48. The summed E-state index contributed by atoms with van der Waals surface area (Å²) in [6.45, 7) is 6.16. The molecule has 2 amide bonds. The number of hydrogen-bond donors (Lipinski definition) is 2. The van der Waals surface area contributed by atoms with Crippen LogP contribution < -0.4 is 15.1 Å². The van der Waals surface area contributed by atoms with Gasteiger partial charge in [0.15, 0.2) is 0 Å². The topological polar surface area (TPSA) is 107 Å². The summed E-state index contributed by atoms with van der Waals surface area (Å²) in [7, 11) is 0. The number of halogens is 1. The maximum Gasteiger partial charge on any atom is 0.414 e. The molecule has 2 N–H and O–H groups in total. The highest BCUT2D eigenvalue weighted by Crippen LogP contribution is 2.29. The summed E-state index contributed by atoms with van der Waals surface area (Å²) in [5.74, 6) is 0.218. The molecule has 13 heteroatoms. The van der Waals surface area contributed by atoms with Crippen LogP contribution in [-0.4, -0.2) is 81.8 Å². The van der Waals surface area contributed by atoms with Crippen molar-refractivity contribution in [3.05, 3.63) is 29.8 Å². The van der Waals surface area contributed by atoms with E-state index in [1.807, 2.05) is 4.90 Å². The van der Waals surface area contributed by atoms with Crippen molar-refractivity contribution in [2.24, 2.45) is 0 Å². The van der Waals surface area contributed by atoms with Gasteiger partial charge in [-0.05, 0) is 32.0 Å². The van der Waals surface area contributed by atoms with E-state index in [9.17, 15) is 14.0 Å². The van der Waals surface area contributed by atoms with Crippen LogP contribution in [0.15, 0.2) is 23.4 Å². The number of piperazine rings is 1. The van der Waals surface area contributed by atoms with Gasteiger partial charge in [0.2, 0.25) is 5.16 Å². The minimum Gasteiger partial charge on any atom is -0.442 e. The van der Waals surface area contributed by atoms with Crippen LogP contribution in [0.25, 0.3) is 0 Å². The van der Waals surface area contributed by atoms with Gasteiger partial charge in [0.1, 0.15) is 17.7 Å². The van der Waals surface area contributed by atoms with E-state index in [0.717, 1.165) is 11.8 Å².